The quantitative estimate of drug-likeness (QED) is 0.879. The van der Waals surface area contributed by atoms with Crippen LogP contribution in [0, 0.1) is 0 Å². The minimum absolute atomic E-state index is 0.208. The molecule has 1 rings (SSSR count). The molecular weight excluding hydrogens is 220 g/mol. The maximum atomic E-state index is 5.67. The Kier molecular flexibility index (Phi) is 4.13. The van der Waals surface area contributed by atoms with Crippen LogP contribution in [0.3, 0.4) is 0 Å². The molecule has 0 aliphatic heterocycles. The van der Waals surface area contributed by atoms with Crippen LogP contribution in [0.25, 0.3) is 0 Å². The van der Waals surface area contributed by atoms with Crippen LogP contribution in [0.1, 0.15) is 52.2 Å². The van der Waals surface area contributed by atoms with E-state index in [1.165, 1.54) is 0 Å². The second kappa shape index (κ2) is 4.99. The van der Waals surface area contributed by atoms with Gasteiger partial charge in [0.1, 0.15) is 11.6 Å². The lowest BCUT2D eigenvalue weighted by Gasteiger charge is -2.17. The van der Waals surface area contributed by atoms with Crippen molar-refractivity contribution >= 4 is 17.7 Å². The fraction of sp³-hybridized carbons (Fsp3) is 0.727. The van der Waals surface area contributed by atoms with Crippen LogP contribution in [0.2, 0.25) is 0 Å². The SMILES string of the molecule is CC(C)c1nc(N)nc(CSC(C)(C)C)n1. The highest BCUT2D eigenvalue weighted by Crippen LogP contribution is 2.26. The second-order valence-corrected chi connectivity index (χ2v) is 6.83. The van der Waals surface area contributed by atoms with Crippen molar-refractivity contribution in [3.8, 4) is 0 Å². The zero-order valence-corrected chi connectivity index (χ0v) is 11.4. The minimum atomic E-state index is 0.208. The molecule has 0 unspecified atom stereocenters. The Morgan fingerprint density at radius 1 is 1.19 bits per heavy atom. The molecule has 0 spiro atoms. The molecule has 0 saturated carbocycles. The summed E-state index contributed by atoms with van der Waals surface area (Å²) in [7, 11) is 0. The number of nitrogens with zero attached hydrogens (tertiary/aromatic N) is 3. The number of nitrogen functional groups attached to an aromatic ring is 1. The average Bonchev–Trinajstić information content (AvgIpc) is 2.13. The molecule has 0 bridgehead atoms. The summed E-state index contributed by atoms with van der Waals surface area (Å²) >= 11 is 1.81. The Labute approximate surface area is 101 Å². The molecule has 90 valence electrons. The molecule has 4 nitrogen and oxygen atoms in total. The number of hydrogen-bond donors (Lipinski definition) is 1. The highest BCUT2D eigenvalue weighted by Gasteiger charge is 2.13. The molecule has 0 aliphatic carbocycles. The van der Waals surface area contributed by atoms with Crippen LogP contribution in [-0.2, 0) is 5.75 Å². The van der Waals surface area contributed by atoms with Gasteiger partial charge in [0.05, 0.1) is 5.75 Å². The molecule has 0 fully saturated rings. The Hall–Kier alpha value is -0.840. The number of rotatable bonds is 3. The van der Waals surface area contributed by atoms with Crippen molar-refractivity contribution in [2.24, 2.45) is 0 Å². The summed E-state index contributed by atoms with van der Waals surface area (Å²) in [5.74, 6) is 2.93. The van der Waals surface area contributed by atoms with Crippen molar-refractivity contribution in [1.82, 2.24) is 15.0 Å². The molecule has 5 heteroatoms. The summed E-state index contributed by atoms with van der Waals surface area (Å²) in [6.07, 6.45) is 0. The molecule has 0 saturated heterocycles. The zero-order valence-electron chi connectivity index (χ0n) is 10.6. The monoisotopic (exact) mass is 240 g/mol. The number of thioether (sulfide) groups is 1. The van der Waals surface area contributed by atoms with Gasteiger partial charge >= 0.3 is 0 Å². The lowest BCUT2D eigenvalue weighted by Crippen LogP contribution is -2.11. The first-order chi connectivity index (χ1) is 7.28. The Morgan fingerprint density at radius 2 is 1.81 bits per heavy atom. The summed E-state index contributed by atoms with van der Waals surface area (Å²) in [5.41, 5.74) is 5.67. The van der Waals surface area contributed by atoms with Gasteiger partial charge in [-0.2, -0.15) is 9.97 Å². The van der Waals surface area contributed by atoms with Gasteiger partial charge in [0, 0.05) is 10.7 Å². The summed E-state index contributed by atoms with van der Waals surface area (Å²) in [6, 6.07) is 0. The molecule has 0 radical (unpaired) electrons. The standard InChI is InChI=1S/C11H20N4S/c1-7(2)9-13-8(14-10(12)15-9)6-16-11(3,4)5/h7H,6H2,1-5H3,(H2,12,13,14,15). The van der Waals surface area contributed by atoms with Crippen LogP contribution < -0.4 is 5.73 Å². The van der Waals surface area contributed by atoms with Crippen molar-refractivity contribution in [3.63, 3.8) is 0 Å². The Balaban J connectivity index is 2.81. The fourth-order valence-corrected chi connectivity index (χ4v) is 1.75. The predicted octanol–water partition coefficient (Wildman–Crippen LogP) is 2.61. The van der Waals surface area contributed by atoms with Gasteiger partial charge in [0.15, 0.2) is 0 Å². The summed E-state index contributed by atoms with van der Waals surface area (Å²) < 4.78 is 0.208. The highest BCUT2D eigenvalue weighted by molar-refractivity contribution is 7.99. The van der Waals surface area contributed by atoms with Gasteiger partial charge < -0.3 is 5.73 Å². The van der Waals surface area contributed by atoms with Gasteiger partial charge in [0.2, 0.25) is 5.95 Å². The van der Waals surface area contributed by atoms with Crippen molar-refractivity contribution < 1.29 is 0 Å². The Morgan fingerprint density at radius 3 is 2.31 bits per heavy atom. The molecule has 0 amide bonds. The highest BCUT2D eigenvalue weighted by atomic mass is 32.2. The van der Waals surface area contributed by atoms with Gasteiger partial charge in [-0.15, -0.1) is 11.8 Å². The van der Waals surface area contributed by atoms with Crippen LogP contribution in [-0.4, -0.2) is 19.7 Å². The first kappa shape index (κ1) is 13.2. The van der Waals surface area contributed by atoms with E-state index in [1.807, 2.05) is 11.8 Å². The number of hydrogen-bond acceptors (Lipinski definition) is 5. The Bertz CT molecular complexity index is 357. The van der Waals surface area contributed by atoms with E-state index in [4.69, 9.17) is 5.73 Å². The number of anilines is 1. The van der Waals surface area contributed by atoms with Crippen molar-refractivity contribution in [1.29, 1.82) is 0 Å². The summed E-state index contributed by atoms with van der Waals surface area (Å²) in [5, 5.41) is 0. The third-order valence-corrected chi connectivity index (χ3v) is 3.14. The maximum absolute atomic E-state index is 5.67. The van der Waals surface area contributed by atoms with E-state index in [2.05, 4.69) is 49.6 Å². The normalized spacial score (nSPS) is 12.1. The number of nitrogens with two attached hydrogens (primary N) is 1. The second-order valence-electron chi connectivity index (χ2n) is 5.02. The molecule has 1 aromatic heterocycles. The van der Waals surface area contributed by atoms with E-state index in [0.717, 1.165) is 17.4 Å². The van der Waals surface area contributed by atoms with E-state index in [0.29, 0.717) is 5.95 Å². The van der Waals surface area contributed by atoms with Crippen LogP contribution >= 0.6 is 11.8 Å². The molecule has 0 atom stereocenters. The third-order valence-electron chi connectivity index (χ3n) is 1.87. The largest absolute Gasteiger partial charge is 0.368 e. The zero-order chi connectivity index (χ0) is 12.3. The average molecular weight is 240 g/mol. The maximum Gasteiger partial charge on any atom is 0.223 e. The van der Waals surface area contributed by atoms with Crippen LogP contribution in [0.5, 0.6) is 0 Å². The summed E-state index contributed by atoms with van der Waals surface area (Å²) in [4.78, 5) is 12.7. The van der Waals surface area contributed by atoms with E-state index >= 15 is 0 Å². The predicted molar refractivity (Wildman–Crippen MR) is 69.4 cm³/mol. The van der Waals surface area contributed by atoms with Gasteiger partial charge in [-0.1, -0.05) is 34.6 Å². The van der Waals surface area contributed by atoms with E-state index < -0.39 is 0 Å². The molecule has 16 heavy (non-hydrogen) atoms. The fourth-order valence-electron chi connectivity index (χ4n) is 1.06. The van der Waals surface area contributed by atoms with Crippen molar-refractivity contribution in [2.45, 2.75) is 51.0 Å². The lowest BCUT2D eigenvalue weighted by molar-refractivity contribution is 0.747. The smallest absolute Gasteiger partial charge is 0.223 e. The molecule has 1 aromatic rings. The van der Waals surface area contributed by atoms with Crippen molar-refractivity contribution in [2.75, 3.05) is 5.73 Å². The van der Waals surface area contributed by atoms with Gasteiger partial charge in [-0.05, 0) is 0 Å². The number of aromatic nitrogens is 3. The van der Waals surface area contributed by atoms with E-state index in [-0.39, 0.29) is 10.7 Å². The van der Waals surface area contributed by atoms with Gasteiger partial charge in [-0.3, -0.25) is 0 Å². The molecule has 2 N–H and O–H groups in total. The third kappa shape index (κ3) is 4.35. The molecule has 0 aromatic carbocycles. The first-order valence-corrected chi connectivity index (χ1v) is 6.41. The van der Waals surface area contributed by atoms with Crippen molar-refractivity contribution in [3.05, 3.63) is 11.6 Å². The first-order valence-electron chi connectivity index (χ1n) is 5.42. The van der Waals surface area contributed by atoms with Crippen LogP contribution in [0.4, 0.5) is 5.95 Å². The van der Waals surface area contributed by atoms with E-state index in [1.54, 1.807) is 0 Å². The van der Waals surface area contributed by atoms with Crippen LogP contribution in [0.15, 0.2) is 0 Å². The lowest BCUT2D eigenvalue weighted by atomic mass is 10.2. The topological polar surface area (TPSA) is 64.7 Å². The van der Waals surface area contributed by atoms with Gasteiger partial charge in [0.25, 0.3) is 0 Å². The molecule has 0 aliphatic rings. The minimum Gasteiger partial charge on any atom is -0.368 e. The molecular formula is C11H20N4S. The van der Waals surface area contributed by atoms with E-state index in [9.17, 15) is 0 Å². The molecule has 1 heterocycles. The van der Waals surface area contributed by atoms with Gasteiger partial charge in [-0.25, -0.2) is 4.98 Å². The summed E-state index contributed by atoms with van der Waals surface area (Å²) in [6.45, 7) is 10.6.